The molecular weight excluding hydrogens is 480 g/mol. The van der Waals surface area contributed by atoms with Crippen LogP contribution in [0.5, 0.6) is 0 Å². The van der Waals surface area contributed by atoms with E-state index in [4.69, 9.17) is 0 Å². The average molecular weight is 505 g/mol. The molecule has 0 bridgehead atoms. The molecule has 0 nitrogen and oxygen atoms in total. The highest BCUT2D eigenvalue weighted by molar-refractivity contribution is 6.29. The Balaban J connectivity index is 1.36. The van der Waals surface area contributed by atoms with Gasteiger partial charge in [0.2, 0.25) is 0 Å². The summed E-state index contributed by atoms with van der Waals surface area (Å²) in [5.74, 6) is 0. The van der Waals surface area contributed by atoms with Gasteiger partial charge in [0.05, 0.1) is 0 Å². The molecule has 0 fully saturated rings. The molecule has 0 atom stereocenters. The van der Waals surface area contributed by atoms with Crippen molar-refractivity contribution in [3.8, 4) is 44.5 Å². The Bertz CT molecular complexity index is 2220. The van der Waals surface area contributed by atoms with Crippen LogP contribution in [0.1, 0.15) is 0 Å². The first kappa shape index (κ1) is 21.7. The fourth-order valence-corrected chi connectivity index (χ4v) is 7.07. The minimum absolute atomic E-state index is 1.25. The third-order valence-corrected chi connectivity index (χ3v) is 8.81. The maximum absolute atomic E-state index is 2.45. The maximum atomic E-state index is 2.45. The van der Waals surface area contributed by atoms with E-state index in [0.29, 0.717) is 0 Å². The largest absolute Gasteiger partial charge is 0.0622 e. The second-order valence-electron chi connectivity index (χ2n) is 10.8. The molecule has 8 aromatic rings. The highest BCUT2D eigenvalue weighted by Gasteiger charge is 2.25. The lowest BCUT2D eigenvalue weighted by atomic mass is 9.89. The van der Waals surface area contributed by atoms with Gasteiger partial charge in [-0.05, 0) is 99.7 Å². The van der Waals surface area contributed by atoms with E-state index in [1.54, 1.807) is 0 Å². The normalized spacial score (nSPS) is 12.0. The SMILES string of the molecule is c1ccc(-c2ccccc2-c2ccc3c4c(cccc24)-c2cc4c5ccccc5c5ccccc5c4cc2-3)cc1. The molecule has 0 spiro atoms. The van der Waals surface area contributed by atoms with Crippen molar-refractivity contribution in [2.24, 2.45) is 0 Å². The zero-order valence-electron chi connectivity index (χ0n) is 21.9. The minimum Gasteiger partial charge on any atom is -0.0622 e. The van der Waals surface area contributed by atoms with Crippen molar-refractivity contribution >= 4 is 43.1 Å². The van der Waals surface area contributed by atoms with Gasteiger partial charge in [-0.3, -0.25) is 0 Å². The number of hydrogen-bond acceptors (Lipinski definition) is 0. The van der Waals surface area contributed by atoms with Gasteiger partial charge in [0, 0.05) is 0 Å². The molecule has 8 aromatic carbocycles. The van der Waals surface area contributed by atoms with Crippen LogP contribution in [0.3, 0.4) is 0 Å². The summed E-state index contributed by atoms with van der Waals surface area (Å²) in [6.07, 6.45) is 0. The molecule has 0 heteroatoms. The molecule has 0 unspecified atom stereocenters. The molecule has 184 valence electrons. The van der Waals surface area contributed by atoms with Crippen LogP contribution in [-0.2, 0) is 0 Å². The van der Waals surface area contributed by atoms with Crippen LogP contribution in [-0.4, -0.2) is 0 Å². The lowest BCUT2D eigenvalue weighted by molar-refractivity contribution is 1.60. The Hall–Kier alpha value is -5.20. The Morgan fingerprint density at radius 1 is 0.225 bits per heavy atom. The zero-order chi connectivity index (χ0) is 26.2. The van der Waals surface area contributed by atoms with Crippen LogP contribution < -0.4 is 0 Å². The summed E-state index contributed by atoms with van der Waals surface area (Å²) in [7, 11) is 0. The van der Waals surface area contributed by atoms with Gasteiger partial charge < -0.3 is 0 Å². The fourth-order valence-electron chi connectivity index (χ4n) is 7.07. The number of benzene rings is 8. The summed E-state index contributed by atoms with van der Waals surface area (Å²) in [4.78, 5) is 0. The summed E-state index contributed by atoms with van der Waals surface area (Å²) in [5.41, 5.74) is 10.4. The van der Waals surface area contributed by atoms with Crippen molar-refractivity contribution in [2.75, 3.05) is 0 Å². The van der Waals surface area contributed by atoms with Crippen molar-refractivity contribution in [1.29, 1.82) is 0 Å². The fraction of sp³-hybridized carbons (Fsp3) is 0. The number of rotatable bonds is 2. The molecule has 40 heavy (non-hydrogen) atoms. The van der Waals surface area contributed by atoms with Crippen LogP contribution in [0.15, 0.2) is 146 Å². The predicted octanol–water partition coefficient (Wildman–Crippen LogP) is 11.3. The van der Waals surface area contributed by atoms with Crippen LogP contribution in [0, 0.1) is 0 Å². The summed E-state index contributed by atoms with van der Waals surface area (Å²) in [6, 6.07) is 53.7. The van der Waals surface area contributed by atoms with E-state index in [-0.39, 0.29) is 0 Å². The predicted molar refractivity (Wildman–Crippen MR) is 172 cm³/mol. The van der Waals surface area contributed by atoms with E-state index >= 15 is 0 Å². The van der Waals surface area contributed by atoms with E-state index in [1.165, 1.54) is 87.6 Å². The van der Waals surface area contributed by atoms with Crippen molar-refractivity contribution in [2.45, 2.75) is 0 Å². The van der Waals surface area contributed by atoms with Crippen LogP contribution in [0.4, 0.5) is 0 Å². The van der Waals surface area contributed by atoms with Crippen molar-refractivity contribution in [3.63, 3.8) is 0 Å². The van der Waals surface area contributed by atoms with Gasteiger partial charge in [0.1, 0.15) is 0 Å². The van der Waals surface area contributed by atoms with Gasteiger partial charge in [-0.15, -0.1) is 0 Å². The first-order valence-electron chi connectivity index (χ1n) is 14.0. The van der Waals surface area contributed by atoms with Crippen LogP contribution >= 0.6 is 0 Å². The second kappa shape index (κ2) is 8.15. The summed E-state index contributed by atoms with van der Waals surface area (Å²) in [6.45, 7) is 0. The van der Waals surface area contributed by atoms with E-state index in [0.717, 1.165) is 0 Å². The first-order valence-corrected chi connectivity index (χ1v) is 14.0. The van der Waals surface area contributed by atoms with Gasteiger partial charge in [0.25, 0.3) is 0 Å². The lowest BCUT2D eigenvalue weighted by Crippen LogP contribution is -1.87. The summed E-state index contributed by atoms with van der Waals surface area (Å²) < 4.78 is 0. The standard InChI is InChI=1S/C40H24/c1-2-11-25(12-3-1)26-13-4-5-14-27(26)32-21-22-35-39-24-37-31-18-9-7-16-29(31)28-15-6-8-17-30(28)36(37)23-38(39)34-20-10-19-33(32)40(34)35/h1-24H. The monoisotopic (exact) mass is 504 g/mol. The summed E-state index contributed by atoms with van der Waals surface area (Å²) in [5, 5.41) is 10.6. The van der Waals surface area contributed by atoms with E-state index in [9.17, 15) is 0 Å². The van der Waals surface area contributed by atoms with E-state index in [1.807, 2.05) is 0 Å². The van der Waals surface area contributed by atoms with Gasteiger partial charge in [-0.25, -0.2) is 0 Å². The third-order valence-electron chi connectivity index (χ3n) is 8.81. The van der Waals surface area contributed by atoms with Gasteiger partial charge in [0.15, 0.2) is 0 Å². The molecule has 1 aliphatic rings. The van der Waals surface area contributed by atoms with Crippen molar-refractivity contribution in [1.82, 2.24) is 0 Å². The molecular formula is C40H24. The number of fused-ring (bicyclic) bond motifs is 9. The minimum atomic E-state index is 1.25. The molecule has 0 aromatic heterocycles. The smallest absolute Gasteiger partial charge is 0.00201 e. The van der Waals surface area contributed by atoms with E-state index < -0.39 is 0 Å². The molecule has 0 N–H and O–H groups in total. The van der Waals surface area contributed by atoms with Gasteiger partial charge >= 0.3 is 0 Å². The molecule has 1 aliphatic carbocycles. The average Bonchev–Trinajstić information content (AvgIpc) is 3.35. The molecule has 0 aliphatic heterocycles. The van der Waals surface area contributed by atoms with Gasteiger partial charge in [-0.2, -0.15) is 0 Å². The van der Waals surface area contributed by atoms with Gasteiger partial charge in [-0.1, -0.05) is 133 Å². The lowest BCUT2D eigenvalue weighted by Gasteiger charge is -2.14. The zero-order valence-corrected chi connectivity index (χ0v) is 21.9. The molecule has 0 saturated heterocycles. The highest BCUT2D eigenvalue weighted by atomic mass is 14.3. The molecule has 9 rings (SSSR count). The molecule has 0 radical (unpaired) electrons. The van der Waals surface area contributed by atoms with Crippen LogP contribution in [0.2, 0.25) is 0 Å². The topological polar surface area (TPSA) is 0 Å². The van der Waals surface area contributed by atoms with Crippen molar-refractivity contribution < 1.29 is 0 Å². The molecule has 0 amide bonds. The highest BCUT2D eigenvalue weighted by Crippen LogP contribution is 2.52. The van der Waals surface area contributed by atoms with Crippen molar-refractivity contribution in [3.05, 3.63) is 146 Å². The molecule has 0 heterocycles. The second-order valence-corrected chi connectivity index (χ2v) is 10.8. The Morgan fingerprint density at radius 3 is 1.32 bits per heavy atom. The first-order chi connectivity index (χ1) is 19.9. The Morgan fingerprint density at radius 2 is 0.675 bits per heavy atom. The Labute approximate surface area is 232 Å². The molecule has 0 saturated carbocycles. The number of hydrogen-bond donors (Lipinski definition) is 0. The maximum Gasteiger partial charge on any atom is -0.00201 e. The van der Waals surface area contributed by atoms with E-state index in [2.05, 4.69) is 146 Å². The quantitative estimate of drug-likeness (QED) is 0.205. The summed E-state index contributed by atoms with van der Waals surface area (Å²) >= 11 is 0. The Kier molecular flexibility index (Phi) is 4.42. The third kappa shape index (κ3) is 2.91. The van der Waals surface area contributed by atoms with Crippen LogP contribution in [0.25, 0.3) is 87.6 Å².